The molecule has 1 saturated carbocycles. The van der Waals surface area contributed by atoms with Gasteiger partial charge in [-0.2, -0.15) is 0 Å². The van der Waals surface area contributed by atoms with Gasteiger partial charge in [0.05, 0.1) is 5.60 Å². The lowest BCUT2D eigenvalue weighted by Crippen LogP contribution is -2.48. The molecule has 0 heterocycles. The summed E-state index contributed by atoms with van der Waals surface area (Å²) >= 11 is 0. The first-order chi connectivity index (χ1) is 5.41. The quantitative estimate of drug-likeness (QED) is 0.672. The average Bonchev–Trinajstić information content (AvgIpc) is 2.65. The van der Waals surface area contributed by atoms with Crippen LogP contribution in [-0.4, -0.2) is 22.8 Å². The second kappa shape index (κ2) is 3.35. The van der Waals surface area contributed by atoms with Gasteiger partial charge in [-0.15, -0.1) is 0 Å². The Kier molecular flexibility index (Phi) is 2.79. The minimum absolute atomic E-state index is 0.174. The molecule has 0 radical (unpaired) electrons. The van der Waals surface area contributed by atoms with Gasteiger partial charge in [-0.05, 0) is 46.5 Å². The van der Waals surface area contributed by atoms with Crippen molar-refractivity contribution in [1.82, 2.24) is 5.32 Å². The SMILES string of the molecule is CC(NC(C)C(C)(C)O)C1CC1. The van der Waals surface area contributed by atoms with Crippen LogP contribution in [0.1, 0.15) is 40.5 Å². The summed E-state index contributed by atoms with van der Waals surface area (Å²) in [6.07, 6.45) is 2.71. The number of aliphatic hydroxyl groups is 1. The van der Waals surface area contributed by atoms with Crippen molar-refractivity contribution in [1.29, 1.82) is 0 Å². The summed E-state index contributed by atoms with van der Waals surface area (Å²) < 4.78 is 0. The van der Waals surface area contributed by atoms with Gasteiger partial charge in [-0.1, -0.05) is 0 Å². The van der Waals surface area contributed by atoms with Crippen molar-refractivity contribution in [2.24, 2.45) is 5.92 Å². The van der Waals surface area contributed by atoms with Crippen molar-refractivity contribution in [3.8, 4) is 0 Å². The molecule has 1 rings (SSSR count). The molecule has 2 N–H and O–H groups in total. The highest BCUT2D eigenvalue weighted by Crippen LogP contribution is 2.32. The van der Waals surface area contributed by atoms with E-state index in [1.54, 1.807) is 0 Å². The highest BCUT2D eigenvalue weighted by molar-refractivity contribution is 4.88. The Balaban J connectivity index is 2.29. The maximum absolute atomic E-state index is 9.67. The molecule has 0 aromatic rings. The molecule has 2 atom stereocenters. The molecular weight excluding hydrogens is 150 g/mol. The molecule has 72 valence electrons. The fourth-order valence-corrected chi connectivity index (χ4v) is 1.33. The van der Waals surface area contributed by atoms with Crippen molar-refractivity contribution in [2.45, 2.75) is 58.2 Å². The van der Waals surface area contributed by atoms with Gasteiger partial charge in [-0.3, -0.25) is 0 Å². The number of nitrogens with one attached hydrogen (secondary N) is 1. The van der Waals surface area contributed by atoms with Crippen molar-refractivity contribution < 1.29 is 5.11 Å². The van der Waals surface area contributed by atoms with E-state index in [4.69, 9.17) is 0 Å². The molecule has 0 aromatic carbocycles. The predicted molar refractivity (Wildman–Crippen MR) is 51.1 cm³/mol. The number of hydrogen-bond donors (Lipinski definition) is 2. The van der Waals surface area contributed by atoms with Crippen LogP contribution >= 0.6 is 0 Å². The van der Waals surface area contributed by atoms with E-state index < -0.39 is 5.60 Å². The molecular formula is C10H21NO. The highest BCUT2D eigenvalue weighted by atomic mass is 16.3. The molecule has 0 bridgehead atoms. The molecule has 12 heavy (non-hydrogen) atoms. The summed E-state index contributed by atoms with van der Waals surface area (Å²) in [7, 11) is 0. The Morgan fingerprint density at radius 2 is 1.83 bits per heavy atom. The van der Waals surface area contributed by atoms with Gasteiger partial charge in [0.15, 0.2) is 0 Å². The van der Waals surface area contributed by atoms with E-state index in [2.05, 4.69) is 12.2 Å². The van der Waals surface area contributed by atoms with E-state index in [1.807, 2.05) is 20.8 Å². The van der Waals surface area contributed by atoms with Crippen LogP contribution in [0.2, 0.25) is 0 Å². The Morgan fingerprint density at radius 3 is 2.17 bits per heavy atom. The molecule has 1 fully saturated rings. The summed E-state index contributed by atoms with van der Waals surface area (Å²) in [5, 5.41) is 13.1. The molecule has 0 aromatic heterocycles. The zero-order valence-electron chi connectivity index (χ0n) is 8.59. The van der Waals surface area contributed by atoms with Crippen molar-refractivity contribution in [2.75, 3.05) is 0 Å². The third-order valence-electron chi connectivity index (χ3n) is 2.90. The van der Waals surface area contributed by atoms with Crippen LogP contribution in [0.25, 0.3) is 0 Å². The number of hydrogen-bond acceptors (Lipinski definition) is 2. The van der Waals surface area contributed by atoms with Crippen LogP contribution < -0.4 is 5.32 Å². The summed E-state index contributed by atoms with van der Waals surface area (Å²) in [4.78, 5) is 0. The van der Waals surface area contributed by atoms with Crippen molar-refractivity contribution in [3.05, 3.63) is 0 Å². The van der Waals surface area contributed by atoms with E-state index in [1.165, 1.54) is 12.8 Å². The second-order valence-electron chi connectivity index (χ2n) is 4.67. The lowest BCUT2D eigenvalue weighted by Gasteiger charge is -2.29. The molecule has 0 spiro atoms. The van der Waals surface area contributed by atoms with Gasteiger partial charge < -0.3 is 10.4 Å². The second-order valence-corrected chi connectivity index (χ2v) is 4.67. The average molecular weight is 171 g/mol. The van der Waals surface area contributed by atoms with Crippen LogP contribution in [0.15, 0.2) is 0 Å². The first kappa shape index (κ1) is 10.0. The highest BCUT2D eigenvalue weighted by Gasteiger charge is 2.31. The van der Waals surface area contributed by atoms with Crippen LogP contribution in [0.3, 0.4) is 0 Å². The maximum Gasteiger partial charge on any atom is 0.0741 e. The predicted octanol–water partition coefficient (Wildman–Crippen LogP) is 1.53. The van der Waals surface area contributed by atoms with Crippen molar-refractivity contribution in [3.63, 3.8) is 0 Å². The lowest BCUT2D eigenvalue weighted by atomic mass is 9.99. The Hall–Kier alpha value is -0.0800. The monoisotopic (exact) mass is 171 g/mol. The molecule has 1 aliphatic rings. The van der Waals surface area contributed by atoms with Gasteiger partial charge in [0, 0.05) is 12.1 Å². The van der Waals surface area contributed by atoms with E-state index in [0.29, 0.717) is 6.04 Å². The minimum Gasteiger partial charge on any atom is -0.389 e. The van der Waals surface area contributed by atoms with E-state index >= 15 is 0 Å². The zero-order valence-corrected chi connectivity index (χ0v) is 8.59. The zero-order chi connectivity index (χ0) is 9.35. The normalized spacial score (nSPS) is 23.8. The molecule has 2 nitrogen and oxygen atoms in total. The lowest BCUT2D eigenvalue weighted by molar-refractivity contribution is 0.0396. The molecule has 2 unspecified atom stereocenters. The molecule has 2 heteroatoms. The van der Waals surface area contributed by atoms with Gasteiger partial charge in [0.2, 0.25) is 0 Å². The fraction of sp³-hybridized carbons (Fsp3) is 1.00. The summed E-state index contributed by atoms with van der Waals surface area (Å²) in [5.74, 6) is 0.856. The largest absolute Gasteiger partial charge is 0.389 e. The third kappa shape index (κ3) is 2.76. The first-order valence-electron chi connectivity index (χ1n) is 4.89. The number of rotatable bonds is 4. The molecule has 0 aliphatic heterocycles. The van der Waals surface area contributed by atoms with Gasteiger partial charge in [-0.25, -0.2) is 0 Å². The Labute approximate surface area is 75.4 Å². The minimum atomic E-state index is -0.608. The smallest absolute Gasteiger partial charge is 0.0741 e. The van der Waals surface area contributed by atoms with E-state index in [9.17, 15) is 5.11 Å². The fourth-order valence-electron chi connectivity index (χ4n) is 1.33. The standard InChI is InChI=1S/C10H21NO/c1-7(9-5-6-9)11-8(2)10(3,4)12/h7-9,11-12H,5-6H2,1-4H3. The molecule has 0 saturated heterocycles. The van der Waals surface area contributed by atoms with E-state index in [0.717, 1.165) is 5.92 Å². The summed E-state index contributed by atoms with van der Waals surface area (Å²) in [6, 6.07) is 0.736. The summed E-state index contributed by atoms with van der Waals surface area (Å²) in [5.41, 5.74) is -0.608. The third-order valence-corrected chi connectivity index (χ3v) is 2.90. The molecule has 0 amide bonds. The van der Waals surface area contributed by atoms with Gasteiger partial charge >= 0.3 is 0 Å². The van der Waals surface area contributed by atoms with E-state index in [-0.39, 0.29) is 6.04 Å². The maximum atomic E-state index is 9.67. The van der Waals surface area contributed by atoms with Gasteiger partial charge in [0.1, 0.15) is 0 Å². The van der Waals surface area contributed by atoms with Crippen LogP contribution in [0.5, 0.6) is 0 Å². The van der Waals surface area contributed by atoms with Crippen LogP contribution in [0.4, 0.5) is 0 Å². The topological polar surface area (TPSA) is 32.3 Å². The first-order valence-corrected chi connectivity index (χ1v) is 4.89. The Bertz CT molecular complexity index is 146. The van der Waals surface area contributed by atoms with Crippen molar-refractivity contribution >= 4 is 0 Å². The van der Waals surface area contributed by atoms with Crippen LogP contribution in [0, 0.1) is 5.92 Å². The summed E-state index contributed by atoms with van der Waals surface area (Å²) in [6.45, 7) is 7.95. The molecule has 1 aliphatic carbocycles. The van der Waals surface area contributed by atoms with Gasteiger partial charge in [0.25, 0.3) is 0 Å². The Morgan fingerprint density at radius 1 is 1.33 bits per heavy atom. The van der Waals surface area contributed by atoms with Crippen LogP contribution in [-0.2, 0) is 0 Å².